The standard InChI is InChI=1S/C17H14ClN3O3/c1-23-15-4-3-12(18)6-14(15)17(22)21-9-13(10-21)24-16-5-2-11(7-19)8-20-16/h2-6,8,13H,9-10H2,1H3. The van der Waals surface area contributed by atoms with E-state index in [-0.39, 0.29) is 12.0 Å². The van der Waals surface area contributed by atoms with Gasteiger partial charge in [0.15, 0.2) is 0 Å². The van der Waals surface area contributed by atoms with Crippen molar-refractivity contribution >= 4 is 17.5 Å². The molecule has 0 aliphatic carbocycles. The van der Waals surface area contributed by atoms with Gasteiger partial charge >= 0.3 is 0 Å². The molecule has 122 valence electrons. The molecule has 1 aromatic heterocycles. The molecular weight excluding hydrogens is 330 g/mol. The quantitative estimate of drug-likeness (QED) is 0.852. The van der Waals surface area contributed by atoms with Crippen LogP contribution in [0.5, 0.6) is 11.6 Å². The topological polar surface area (TPSA) is 75.4 Å². The first-order chi connectivity index (χ1) is 11.6. The summed E-state index contributed by atoms with van der Waals surface area (Å²) in [7, 11) is 1.51. The van der Waals surface area contributed by atoms with Crippen LogP contribution >= 0.6 is 11.6 Å². The first kappa shape index (κ1) is 16.1. The largest absolute Gasteiger partial charge is 0.496 e. The molecule has 0 unspecified atom stereocenters. The number of nitrogens with zero attached hydrogens (tertiary/aromatic N) is 3. The van der Waals surface area contributed by atoms with Crippen molar-refractivity contribution in [2.24, 2.45) is 0 Å². The molecule has 0 saturated carbocycles. The summed E-state index contributed by atoms with van der Waals surface area (Å²) in [5.74, 6) is 0.774. The van der Waals surface area contributed by atoms with Gasteiger partial charge < -0.3 is 14.4 Å². The number of hydrogen-bond acceptors (Lipinski definition) is 5. The number of halogens is 1. The van der Waals surface area contributed by atoms with Crippen molar-refractivity contribution in [2.75, 3.05) is 20.2 Å². The van der Waals surface area contributed by atoms with Gasteiger partial charge in [-0.15, -0.1) is 0 Å². The zero-order valence-electron chi connectivity index (χ0n) is 12.9. The second-order valence-corrected chi connectivity index (χ2v) is 5.73. The summed E-state index contributed by atoms with van der Waals surface area (Å²) in [5, 5.41) is 9.22. The van der Waals surface area contributed by atoms with E-state index in [1.54, 1.807) is 35.2 Å². The van der Waals surface area contributed by atoms with Gasteiger partial charge in [0.1, 0.15) is 17.9 Å². The maximum Gasteiger partial charge on any atom is 0.257 e. The third-order valence-electron chi connectivity index (χ3n) is 3.68. The Kier molecular flexibility index (Phi) is 4.54. The van der Waals surface area contributed by atoms with Crippen molar-refractivity contribution in [3.05, 3.63) is 52.7 Å². The van der Waals surface area contributed by atoms with Crippen LogP contribution in [0.25, 0.3) is 0 Å². The number of carbonyl (C=O) groups is 1. The molecule has 1 aromatic carbocycles. The highest BCUT2D eigenvalue weighted by atomic mass is 35.5. The molecule has 0 N–H and O–H groups in total. The highest BCUT2D eigenvalue weighted by Crippen LogP contribution is 2.26. The Hall–Kier alpha value is -2.78. The number of ether oxygens (including phenoxy) is 2. The number of amides is 1. The number of rotatable bonds is 4. The molecule has 1 saturated heterocycles. The van der Waals surface area contributed by atoms with E-state index in [1.807, 2.05) is 6.07 Å². The van der Waals surface area contributed by atoms with Crippen molar-refractivity contribution in [1.82, 2.24) is 9.88 Å². The molecule has 1 fully saturated rings. The van der Waals surface area contributed by atoms with Crippen LogP contribution in [0.4, 0.5) is 0 Å². The summed E-state index contributed by atoms with van der Waals surface area (Å²) in [6.45, 7) is 0.909. The zero-order chi connectivity index (χ0) is 17.1. The number of nitriles is 1. The smallest absolute Gasteiger partial charge is 0.257 e. The lowest BCUT2D eigenvalue weighted by Crippen LogP contribution is -2.56. The summed E-state index contributed by atoms with van der Waals surface area (Å²) in [6.07, 6.45) is 1.33. The molecule has 6 nitrogen and oxygen atoms in total. The van der Waals surface area contributed by atoms with E-state index in [1.165, 1.54) is 13.3 Å². The van der Waals surface area contributed by atoms with Gasteiger partial charge in [-0.1, -0.05) is 11.6 Å². The summed E-state index contributed by atoms with van der Waals surface area (Å²) in [4.78, 5) is 18.2. The van der Waals surface area contributed by atoms with Gasteiger partial charge in [0.05, 0.1) is 31.3 Å². The Balaban J connectivity index is 1.61. The zero-order valence-corrected chi connectivity index (χ0v) is 13.7. The van der Waals surface area contributed by atoms with Crippen LogP contribution in [0.1, 0.15) is 15.9 Å². The first-order valence-corrected chi connectivity index (χ1v) is 7.64. The number of benzene rings is 1. The van der Waals surface area contributed by atoms with E-state index < -0.39 is 0 Å². The summed E-state index contributed by atoms with van der Waals surface area (Å²) in [6, 6.07) is 10.2. The summed E-state index contributed by atoms with van der Waals surface area (Å²) >= 11 is 5.96. The Morgan fingerprint density at radius 2 is 2.17 bits per heavy atom. The molecule has 1 aliphatic heterocycles. The lowest BCUT2D eigenvalue weighted by molar-refractivity contribution is 0.0158. The second-order valence-electron chi connectivity index (χ2n) is 5.29. The fraction of sp³-hybridized carbons (Fsp3) is 0.235. The molecule has 1 amide bonds. The van der Waals surface area contributed by atoms with Crippen LogP contribution in [-0.2, 0) is 0 Å². The van der Waals surface area contributed by atoms with Crippen molar-refractivity contribution < 1.29 is 14.3 Å². The van der Waals surface area contributed by atoms with Crippen LogP contribution in [0, 0.1) is 11.3 Å². The SMILES string of the molecule is COc1ccc(Cl)cc1C(=O)N1CC(Oc2ccc(C#N)cn2)C1. The third kappa shape index (κ3) is 3.26. The molecule has 2 aromatic rings. The number of likely N-dealkylation sites (tertiary alicyclic amines) is 1. The molecule has 0 radical (unpaired) electrons. The first-order valence-electron chi connectivity index (χ1n) is 7.26. The van der Waals surface area contributed by atoms with Crippen molar-refractivity contribution in [2.45, 2.75) is 6.10 Å². The number of methoxy groups -OCH3 is 1. The molecule has 1 aliphatic rings. The fourth-order valence-corrected chi connectivity index (χ4v) is 2.56. The lowest BCUT2D eigenvalue weighted by atomic mass is 10.1. The van der Waals surface area contributed by atoms with Gasteiger partial charge in [0.25, 0.3) is 5.91 Å². The van der Waals surface area contributed by atoms with Gasteiger partial charge in [-0.05, 0) is 24.3 Å². The Labute approximate surface area is 144 Å². The fourth-order valence-electron chi connectivity index (χ4n) is 2.38. The molecule has 24 heavy (non-hydrogen) atoms. The number of aromatic nitrogens is 1. The van der Waals surface area contributed by atoms with Crippen LogP contribution in [0.15, 0.2) is 36.5 Å². The van der Waals surface area contributed by atoms with Gasteiger partial charge in [-0.3, -0.25) is 4.79 Å². The molecule has 0 spiro atoms. The van der Waals surface area contributed by atoms with E-state index in [9.17, 15) is 4.79 Å². The van der Waals surface area contributed by atoms with Crippen LogP contribution in [-0.4, -0.2) is 42.1 Å². The second kappa shape index (κ2) is 6.77. The van der Waals surface area contributed by atoms with E-state index in [4.69, 9.17) is 26.3 Å². The maximum atomic E-state index is 12.5. The van der Waals surface area contributed by atoms with E-state index in [0.29, 0.717) is 40.9 Å². The average Bonchev–Trinajstić information content (AvgIpc) is 2.57. The summed E-state index contributed by atoms with van der Waals surface area (Å²) in [5.41, 5.74) is 0.903. The number of pyridine rings is 1. The molecule has 0 bridgehead atoms. The predicted molar refractivity (Wildman–Crippen MR) is 87.3 cm³/mol. The van der Waals surface area contributed by atoms with Crippen molar-refractivity contribution in [3.63, 3.8) is 0 Å². The van der Waals surface area contributed by atoms with Gasteiger partial charge in [0, 0.05) is 17.3 Å². The highest BCUT2D eigenvalue weighted by molar-refractivity contribution is 6.31. The van der Waals surface area contributed by atoms with Crippen LogP contribution < -0.4 is 9.47 Å². The Morgan fingerprint density at radius 1 is 1.38 bits per heavy atom. The minimum atomic E-state index is -0.151. The number of carbonyl (C=O) groups excluding carboxylic acids is 1. The van der Waals surface area contributed by atoms with Crippen LogP contribution in [0.2, 0.25) is 5.02 Å². The van der Waals surface area contributed by atoms with E-state index in [0.717, 1.165) is 0 Å². The van der Waals surface area contributed by atoms with Gasteiger partial charge in [-0.2, -0.15) is 5.26 Å². The monoisotopic (exact) mass is 343 g/mol. The van der Waals surface area contributed by atoms with E-state index in [2.05, 4.69) is 4.98 Å². The van der Waals surface area contributed by atoms with Crippen LogP contribution in [0.3, 0.4) is 0 Å². The maximum absolute atomic E-state index is 12.5. The normalized spacial score (nSPS) is 13.8. The minimum absolute atomic E-state index is 0.125. The van der Waals surface area contributed by atoms with Crippen molar-refractivity contribution in [1.29, 1.82) is 5.26 Å². The Bertz CT molecular complexity index is 796. The highest BCUT2D eigenvalue weighted by Gasteiger charge is 2.34. The molecular formula is C17H14ClN3O3. The summed E-state index contributed by atoms with van der Waals surface area (Å²) < 4.78 is 10.9. The van der Waals surface area contributed by atoms with Crippen molar-refractivity contribution in [3.8, 4) is 17.7 Å². The predicted octanol–water partition coefficient (Wildman–Crippen LogP) is 2.52. The van der Waals surface area contributed by atoms with Gasteiger partial charge in [0.2, 0.25) is 5.88 Å². The average molecular weight is 344 g/mol. The molecule has 0 atom stereocenters. The third-order valence-corrected chi connectivity index (χ3v) is 3.92. The Morgan fingerprint density at radius 3 is 2.79 bits per heavy atom. The van der Waals surface area contributed by atoms with E-state index >= 15 is 0 Å². The molecule has 7 heteroatoms. The lowest BCUT2D eigenvalue weighted by Gasteiger charge is -2.38. The number of hydrogen-bond donors (Lipinski definition) is 0. The molecule has 2 heterocycles. The minimum Gasteiger partial charge on any atom is -0.496 e. The van der Waals surface area contributed by atoms with Gasteiger partial charge in [-0.25, -0.2) is 4.98 Å². The molecule has 3 rings (SSSR count).